The molecule has 0 bridgehead atoms. The van der Waals surface area contributed by atoms with Gasteiger partial charge in [-0.2, -0.15) is 0 Å². The van der Waals surface area contributed by atoms with Crippen LogP contribution in [0.25, 0.3) is 11.1 Å². The van der Waals surface area contributed by atoms with Crippen molar-refractivity contribution in [3.05, 3.63) is 129 Å². The fraction of sp³-hybridized carbons (Fsp3) is 0.138. The monoisotopic (exact) mass is 451 g/mol. The van der Waals surface area contributed by atoms with Crippen LogP contribution in [0.1, 0.15) is 55.3 Å². The first-order valence-corrected chi connectivity index (χ1v) is 11.0. The molecule has 4 aromatic rings. The predicted molar refractivity (Wildman–Crippen MR) is 133 cm³/mol. The molecule has 0 amide bonds. The van der Waals surface area contributed by atoms with Gasteiger partial charge in [-0.15, -0.1) is 0 Å². The van der Waals surface area contributed by atoms with Crippen LogP contribution in [0.15, 0.2) is 89.9 Å². The van der Waals surface area contributed by atoms with Crippen molar-refractivity contribution in [1.29, 1.82) is 0 Å². The summed E-state index contributed by atoms with van der Waals surface area (Å²) in [6.45, 7) is 3.73. The van der Waals surface area contributed by atoms with Crippen LogP contribution in [0, 0.1) is 13.8 Å². The number of hydrogen-bond donors (Lipinski definition) is 2. The summed E-state index contributed by atoms with van der Waals surface area (Å²) in [7, 11) is 0. The summed E-state index contributed by atoms with van der Waals surface area (Å²) in [6, 6.07) is 24.5. The van der Waals surface area contributed by atoms with E-state index in [2.05, 4.69) is 4.98 Å². The molecule has 0 fully saturated rings. The molecule has 34 heavy (non-hydrogen) atoms. The predicted octanol–water partition coefficient (Wildman–Crippen LogP) is 5.76. The minimum absolute atomic E-state index is 0.0408. The zero-order valence-electron chi connectivity index (χ0n) is 19.0. The van der Waals surface area contributed by atoms with Crippen molar-refractivity contribution in [1.82, 2.24) is 4.98 Å². The zero-order chi connectivity index (χ0) is 24.2. The fourth-order valence-electron chi connectivity index (χ4n) is 4.16. The number of aryl methyl sites for hydroxylation is 2. The summed E-state index contributed by atoms with van der Waals surface area (Å²) in [5.41, 5.74) is 6.13. The van der Waals surface area contributed by atoms with Gasteiger partial charge in [0.1, 0.15) is 0 Å². The van der Waals surface area contributed by atoms with E-state index in [1.54, 1.807) is 37.3 Å². The number of aromatic carboxylic acids is 1. The SMILES string of the molecule is Cc1ccccc1[C@H](CC(=O)c1c[nH]c(=O)c(C)c1)c1ccc(-c2ccc(C(=O)O)cc2)cc1. The molecule has 0 aliphatic heterocycles. The molecular formula is C29H25NO4. The number of pyridine rings is 1. The molecule has 2 N–H and O–H groups in total. The standard InChI is InChI=1S/C29H25NO4/c1-18-5-3-4-6-25(18)26(16-27(31)24-15-19(2)28(32)30-17-24)22-11-7-20(8-12-22)21-9-13-23(14-10-21)29(33)34/h3-15,17,26H,16H2,1-2H3,(H,30,32)(H,33,34)/t26-/m1/s1. The third kappa shape index (κ3) is 4.89. The minimum atomic E-state index is -0.953. The molecule has 0 radical (unpaired) electrons. The number of hydrogen-bond acceptors (Lipinski definition) is 3. The molecule has 0 aliphatic carbocycles. The fourth-order valence-corrected chi connectivity index (χ4v) is 4.16. The third-order valence-electron chi connectivity index (χ3n) is 6.14. The van der Waals surface area contributed by atoms with Gasteiger partial charge in [0, 0.05) is 29.7 Å². The molecular weight excluding hydrogens is 426 g/mol. The first kappa shape index (κ1) is 22.9. The van der Waals surface area contributed by atoms with Crippen molar-refractivity contribution in [2.75, 3.05) is 0 Å². The molecule has 0 spiro atoms. The number of carbonyl (C=O) groups is 2. The Morgan fingerprint density at radius 2 is 1.44 bits per heavy atom. The van der Waals surface area contributed by atoms with Crippen molar-refractivity contribution >= 4 is 11.8 Å². The number of carbonyl (C=O) groups excluding carboxylic acids is 1. The van der Waals surface area contributed by atoms with Crippen molar-refractivity contribution in [3.8, 4) is 11.1 Å². The van der Waals surface area contributed by atoms with Crippen LogP contribution in [0.5, 0.6) is 0 Å². The smallest absolute Gasteiger partial charge is 0.335 e. The number of H-pyrrole nitrogens is 1. The lowest BCUT2D eigenvalue weighted by Gasteiger charge is -2.20. The number of carboxylic acid groups (broad SMARTS) is 1. The number of benzene rings is 3. The largest absolute Gasteiger partial charge is 0.478 e. The molecule has 170 valence electrons. The second kappa shape index (κ2) is 9.71. The first-order chi connectivity index (χ1) is 16.3. The van der Waals surface area contributed by atoms with E-state index < -0.39 is 5.97 Å². The third-order valence-corrected chi connectivity index (χ3v) is 6.14. The lowest BCUT2D eigenvalue weighted by atomic mass is 9.83. The average Bonchev–Trinajstić information content (AvgIpc) is 2.85. The van der Waals surface area contributed by atoms with Gasteiger partial charge in [0.05, 0.1) is 5.56 Å². The van der Waals surface area contributed by atoms with E-state index in [-0.39, 0.29) is 29.2 Å². The molecule has 0 saturated heterocycles. The number of ketones is 1. The van der Waals surface area contributed by atoms with E-state index in [0.29, 0.717) is 11.1 Å². The van der Waals surface area contributed by atoms with E-state index in [1.807, 2.05) is 55.5 Å². The van der Waals surface area contributed by atoms with Crippen LogP contribution in [0.3, 0.4) is 0 Å². The van der Waals surface area contributed by atoms with Gasteiger partial charge in [-0.05, 0) is 59.9 Å². The Bertz CT molecular complexity index is 1400. The molecule has 4 rings (SSSR count). The molecule has 5 heteroatoms. The zero-order valence-corrected chi connectivity index (χ0v) is 19.0. The van der Waals surface area contributed by atoms with Gasteiger partial charge in [-0.3, -0.25) is 9.59 Å². The normalized spacial score (nSPS) is 11.7. The lowest BCUT2D eigenvalue weighted by Crippen LogP contribution is -2.14. The van der Waals surface area contributed by atoms with Gasteiger partial charge in [-0.1, -0.05) is 60.7 Å². The van der Waals surface area contributed by atoms with Crippen molar-refractivity contribution in [3.63, 3.8) is 0 Å². The maximum Gasteiger partial charge on any atom is 0.335 e. The molecule has 1 heterocycles. The van der Waals surface area contributed by atoms with Gasteiger partial charge >= 0.3 is 5.97 Å². The highest BCUT2D eigenvalue weighted by Gasteiger charge is 2.21. The van der Waals surface area contributed by atoms with E-state index in [1.165, 1.54) is 6.20 Å². The van der Waals surface area contributed by atoms with Crippen molar-refractivity contribution in [2.45, 2.75) is 26.2 Å². The molecule has 0 unspecified atom stereocenters. The van der Waals surface area contributed by atoms with Crippen molar-refractivity contribution in [2.24, 2.45) is 0 Å². The molecule has 5 nitrogen and oxygen atoms in total. The minimum Gasteiger partial charge on any atom is -0.478 e. The molecule has 0 aliphatic rings. The maximum absolute atomic E-state index is 13.2. The van der Waals surface area contributed by atoms with Crippen LogP contribution in [0.2, 0.25) is 0 Å². The Balaban J connectivity index is 1.67. The van der Waals surface area contributed by atoms with Gasteiger partial charge in [-0.25, -0.2) is 4.79 Å². The average molecular weight is 452 g/mol. The summed E-state index contributed by atoms with van der Waals surface area (Å²) < 4.78 is 0. The van der Waals surface area contributed by atoms with Gasteiger partial charge in [0.25, 0.3) is 5.56 Å². The van der Waals surface area contributed by atoms with Crippen LogP contribution in [-0.2, 0) is 0 Å². The Labute approximate surface area is 197 Å². The highest BCUT2D eigenvalue weighted by atomic mass is 16.4. The van der Waals surface area contributed by atoms with Gasteiger partial charge in [0.15, 0.2) is 5.78 Å². The van der Waals surface area contributed by atoms with Gasteiger partial charge < -0.3 is 10.1 Å². The van der Waals surface area contributed by atoms with E-state index in [9.17, 15) is 14.4 Å². The summed E-state index contributed by atoms with van der Waals surface area (Å²) in [5, 5.41) is 9.11. The summed E-state index contributed by atoms with van der Waals surface area (Å²) in [6.07, 6.45) is 1.75. The van der Waals surface area contributed by atoms with Crippen LogP contribution < -0.4 is 5.56 Å². The molecule has 1 atom stereocenters. The molecule has 3 aromatic carbocycles. The highest BCUT2D eigenvalue weighted by Crippen LogP contribution is 2.33. The Kier molecular flexibility index (Phi) is 6.55. The summed E-state index contributed by atoms with van der Waals surface area (Å²) >= 11 is 0. The number of carboxylic acids is 1. The second-order valence-corrected chi connectivity index (χ2v) is 8.44. The number of Topliss-reactive ketones (excluding diaryl/α,β-unsaturated/α-hetero) is 1. The maximum atomic E-state index is 13.2. The van der Waals surface area contributed by atoms with Crippen LogP contribution in [-0.4, -0.2) is 21.8 Å². The summed E-state index contributed by atoms with van der Waals surface area (Å²) in [4.78, 5) is 38.6. The highest BCUT2D eigenvalue weighted by molar-refractivity contribution is 5.96. The number of rotatable bonds is 7. The number of aromatic nitrogens is 1. The summed E-state index contributed by atoms with van der Waals surface area (Å²) in [5.74, 6) is -1.14. The Hall–Kier alpha value is -4.25. The lowest BCUT2D eigenvalue weighted by molar-refractivity contribution is 0.0696. The molecule has 0 saturated carbocycles. The topological polar surface area (TPSA) is 87.2 Å². The molecule has 1 aromatic heterocycles. The number of nitrogens with one attached hydrogen (secondary N) is 1. The Morgan fingerprint density at radius 1 is 0.824 bits per heavy atom. The number of aromatic amines is 1. The Morgan fingerprint density at radius 3 is 2.03 bits per heavy atom. The van der Waals surface area contributed by atoms with E-state index in [0.717, 1.165) is 27.8 Å². The second-order valence-electron chi connectivity index (χ2n) is 8.44. The van der Waals surface area contributed by atoms with Crippen LogP contribution >= 0.6 is 0 Å². The van der Waals surface area contributed by atoms with Crippen molar-refractivity contribution < 1.29 is 14.7 Å². The van der Waals surface area contributed by atoms with E-state index >= 15 is 0 Å². The van der Waals surface area contributed by atoms with Crippen LogP contribution in [0.4, 0.5) is 0 Å². The van der Waals surface area contributed by atoms with E-state index in [4.69, 9.17) is 5.11 Å². The van der Waals surface area contributed by atoms with Gasteiger partial charge in [0.2, 0.25) is 0 Å². The quantitative estimate of drug-likeness (QED) is 0.350. The first-order valence-electron chi connectivity index (χ1n) is 11.0.